The van der Waals surface area contributed by atoms with E-state index in [1.165, 1.54) is 22.8 Å². The minimum atomic E-state index is -0.230. The summed E-state index contributed by atoms with van der Waals surface area (Å²) in [5.41, 5.74) is 5.75. The maximum Gasteiger partial charge on any atom is 0.220 e. The first kappa shape index (κ1) is 31.6. The lowest BCUT2D eigenvalue weighted by atomic mass is 9.87. The predicted molar refractivity (Wildman–Crippen MR) is 165 cm³/mol. The molecule has 218 valence electrons. The molecule has 1 aliphatic carbocycles. The molecule has 3 unspecified atom stereocenters. The van der Waals surface area contributed by atoms with Gasteiger partial charge < -0.3 is 10.1 Å². The zero-order valence-corrected chi connectivity index (χ0v) is 25.2. The molecule has 1 aliphatic heterocycles. The van der Waals surface area contributed by atoms with E-state index < -0.39 is 0 Å². The highest BCUT2D eigenvalue weighted by atomic mass is 19.1. The number of carbonyl (C=O) groups is 1. The molecule has 0 bridgehead atoms. The van der Waals surface area contributed by atoms with Crippen molar-refractivity contribution in [2.45, 2.75) is 91.6 Å². The Morgan fingerprint density at radius 1 is 1.23 bits per heavy atom. The first-order valence-corrected chi connectivity index (χ1v) is 15.2. The number of benzene rings is 1. The van der Waals surface area contributed by atoms with Crippen LogP contribution in [-0.4, -0.2) is 42.6 Å². The fourth-order valence-corrected chi connectivity index (χ4v) is 5.71. The van der Waals surface area contributed by atoms with Crippen molar-refractivity contribution < 1.29 is 13.9 Å². The van der Waals surface area contributed by atoms with E-state index in [1.807, 2.05) is 31.4 Å². The van der Waals surface area contributed by atoms with E-state index in [0.29, 0.717) is 19.1 Å². The number of allylic oxidation sites excluding steroid dienone is 7. The summed E-state index contributed by atoms with van der Waals surface area (Å²) in [5, 5.41) is 3.36. The molecule has 0 aromatic heterocycles. The summed E-state index contributed by atoms with van der Waals surface area (Å²) in [6, 6.07) is 7.35. The highest BCUT2D eigenvalue weighted by Crippen LogP contribution is 2.30. The maximum atomic E-state index is 13.7. The minimum absolute atomic E-state index is 0.114. The molecule has 1 N–H and O–H groups in total. The number of ether oxygens (including phenoxy) is 1. The van der Waals surface area contributed by atoms with Crippen LogP contribution in [0.3, 0.4) is 0 Å². The molecule has 1 aromatic carbocycles. The van der Waals surface area contributed by atoms with E-state index in [4.69, 9.17) is 4.74 Å². The van der Waals surface area contributed by atoms with Crippen LogP contribution in [0.5, 0.6) is 0 Å². The van der Waals surface area contributed by atoms with Gasteiger partial charge in [0.2, 0.25) is 5.91 Å². The molecule has 1 heterocycles. The van der Waals surface area contributed by atoms with Crippen molar-refractivity contribution in [3.05, 3.63) is 89.0 Å². The average Bonchev–Trinajstić information content (AvgIpc) is 2.95. The molecule has 5 heteroatoms. The molecule has 0 spiro atoms. The molecule has 40 heavy (non-hydrogen) atoms. The third-order valence-corrected chi connectivity index (χ3v) is 8.06. The van der Waals surface area contributed by atoms with E-state index in [9.17, 15) is 9.18 Å². The summed E-state index contributed by atoms with van der Waals surface area (Å²) in [6.45, 7) is 13.3. The van der Waals surface area contributed by atoms with Gasteiger partial charge in [-0.1, -0.05) is 62.8 Å². The number of rotatable bonds is 13. The third-order valence-electron chi connectivity index (χ3n) is 8.06. The molecular weight excluding hydrogens is 499 g/mol. The van der Waals surface area contributed by atoms with Crippen molar-refractivity contribution >= 4 is 11.5 Å². The molecule has 1 amide bonds. The van der Waals surface area contributed by atoms with Crippen molar-refractivity contribution in [2.75, 3.05) is 19.7 Å². The Kier molecular flexibility index (Phi) is 12.9. The number of nitrogens with one attached hydrogen (secondary N) is 1. The van der Waals surface area contributed by atoms with E-state index in [2.05, 4.69) is 56.1 Å². The Balaban J connectivity index is 1.60. The Morgan fingerprint density at radius 3 is 2.77 bits per heavy atom. The van der Waals surface area contributed by atoms with Crippen LogP contribution in [0.4, 0.5) is 4.39 Å². The van der Waals surface area contributed by atoms with Gasteiger partial charge in [0.25, 0.3) is 0 Å². The van der Waals surface area contributed by atoms with Crippen LogP contribution in [0.25, 0.3) is 5.57 Å². The fourth-order valence-electron chi connectivity index (χ4n) is 5.71. The largest absolute Gasteiger partial charge is 0.501 e. The highest BCUT2D eigenvalue weighted by Gasteiger charge is 2.30. The quantitative estimate of drug-likeness (QED) is 0.200. The number of hydrogen-bond acceptors (Lipinski definition) is 3. The SMILES string of the molecule is CCC=C/C(CN1CCC(NC(=O)CC2C=CC=C(c3cccc(F)c3)C2)CC1CCC)=C(C)\C(C)=C\OCC. The van der Waals surface area contributed by atoms with Crippen molar-refractivity contribution in [1.82, 2.24) is 10.2 Å². The van der Waals surface area contributed by atoms with Gasteiger partial charge in [0.1, 0.15) is 5.82 Å². The van der Waals surface area contributed by atoms with E-state index in [0.717, 1.165) is 62.8 Å². The van der Waals surface area contributed by atoms with Gasteiger partial charge in [-0.2, -0.15) is 0 Å². The van der Waals surface area contributed by atoms with Crippen LogP contribution in [0.2, 0.25) is 0 Å². The number of carbonyl (C=O) groups excluding carboxylic acids is 1. The van der Waals surface area contributed by atoms with Crippen LogP contribution in [0.15, 0.2) is 77.6 Å². The first-order chi connectivity index (χ1) is 19.3. The fraction of sp³-hybridized carbons (Fsp3) is 0.514. The normalized spacial score (nSPS) is 22.7. The molecule has 3 rings (SSSR count). The summed E-state index contributed by atoms with van der Waals surface area (Å²) >= 11 is 0. The zero-order chi connectivity index (χ0) is 28.9. The lowest BCUT2D eigenvalue weighted by molar-refractivity contribution is -0.122. The standard InChI is InChI=1S/C35H49FN2O2/c1-6-9-14-31(27(5)26(4)25-40-8-3)24-38-19-18-33(23-34(38)12-7-2)37-35(39)21-28-13-10-15-29(20-28)30-16-11-17-32(36)22-30/h9-11,13-17,22,25,28,33-34H,6-8,12,18-21,23-24H2,1-5H3,(H,37,39)/b14-9?,26-25+,31-27+. The lowest BCUT2D eigenvalue weighted by Crippen LogP contribution is -2.50. The first-order valence-electron chi connectivity index (χ1n) is 15.2. The number of hydrogen-bond donors (Lipinski definition) is 1. The second-order valence-electron chi connectivity index (χ2n) is 11.2. The van der Waals surface area contributed by atoms with Crippen LogP contribution in [0, 0.1) is 11.7 Å². The number of amides is 1. The summed E-state index contributed by atoms with van der Waals surface area (Å²) in [4.78, 5) is 15.7. The van der Waals surface area contributed by atoms with Crippen molar-refractivity contribution in [2.24, 2.45) is 5.92 Å². The van der Waals surface area contributed by atoms with Crippen molar-refractivity contribution in [3.63, 3.8) is 0 Å². The number of piperidine rings is 1. The lowest BCUT2D eigenvalue weighted by Gasteiger charge is -2.40. The van der Waals surface area contributed by atoms with Crippen LogP contribution < -0.4 is 5.32 Å². The Labute approximate surface area is 241 Å². The molecule has 0 radical (unpaired) electrons. The van der Waals surface area contributed by atoms with Gasteiger partial charge in [-0.3, -0.25) is 9.69 Å². The second-order valence-corrected chi connectivity index (χ2v) is 11.2. The average molecular weight is 549 g/mol. The highest BCUT2D eigenvalue weighted by molar-refractivity contribution is 5.78. The van der Waals surface area contributed by atoms with Crippen molar-refractivity contribution in [3.8, 4) is 0 Å². The molecule has 1 fully saturated rings. The molecule has 4 nitrogen and oxygen atoms in total. The monoisotopic (exact) mass is 548 g/mol. The van der Waals surface area contributed by atoms with Crippen LogP contribution in [0.1, 0.15) is 85.1 Å². The molecule has 1 aromatic rings. The summed E-state index contributed by atoms with van der Waals surface area (Å²) in [6.07, 6.45) is 18.9. The maximum absolute atomic E-state index is 13.7. The van der Waals surface area contributed by atoms with Gasteiger partial charge in [0, 0.05) is 31.6 Å². The van der Waals surface area contributed by atoms with Gasteiger partial charge in [-0.25, -0.2) is 4.39 Å². The zero-order valence-electron chi connectivity index (χ0n) is 25.2. The smallest absolute Gasteiger partial charge is 0.220 e. The Bertz CT molecular complexity index is 1130. The summed E-state index contributed by atoms with van der Waals surface area (Å²) in [5.74, 6) is 0.0122. The molecule has 1 saturated heterocycles. The topological polar surface area (TPSA) is 41.6 Å². The van der Waals surface area contributed by atoms with Crippen LogP contribution >= 0.6 is 0 Å². The number of halogens is 1. The van der Waals surface area contributed by atoms with Gasteiger partial charge in [0.05, 0.1) is 12.9 Å². The third kappa shape index (κ3) is 9.62. The number of likely N-dealkylation sites (tertiary alicyclic amines) is 1. The van der Waals surface area contributed by atoms with E-state index in [-0.39, 0.29) is 23.7 Å². The summed E-state index contributed by atoms with van der Waals surface area (Å²) < 4.78 is 19.3. The van der Waals surface area contributed by atoms with Crippen molar-refractivity contribution in [1.29, 1.82) is 0 Å². The minimum Gasteiger partial charge on any atom is -0.501 e. The van der Waals surface area contributed by atoms with Gasteiger partial charge in [0.15, 0.2) is 0 Å². The van der Waals surface area contributed by atoms with Crippen LogP contribution in [-0.2, 0) is 9.53 Å². The van der Waals surface area contributed by atoms with E-state index in [1.54, 1.807) is 12.1 Å². The number of nitrogens with zero attached hydrogens (tertiary/aromatic N) is 1. The van der Waals surface area contributed by atoms with E-state index >= 15 is 0 Å². The predicted octanol–water partition coefficient (Wildman–Crippen LogP) is 8.15. The molecule has 3 atom stereocenters. The molecule has 2 aliphatic rings. The van der Waals surface area contributed by atoms with Gasteiger partial charge >= 0.3 is 0 Å². The van der Waals surface area contributed by atoms with Gasteiger partial charge in [-0.05, 0) is 98.8 Å². The molecule has 0 saturated carbocycles. The Morgan fingerprint density at radius 2 is 2.05 bits per heavy atom. The van der Waals surface area contributed by atoms with Gasteiger partial charge in [-0.15, -0.1) is 0 Å². The Hall–Kier alpha value is -2.92. The molecular formula is C35H49FN2O2. The summed E-state index contributed by atoms with van der Waals surface area (Å²) in [7, 11) is 0. The second kappa shape index (κ2) is 16.4.